The third kappa shape index (κ3) is 4.83. The van der Waals surface area contributed by atoms with E-state index in [1.54, 1.807) is 4.90 Å². The lowest BCUT2D eigenvalue weighted by atomic mass is 10.1. The summed E-state index contributed by atoms with van der Waals surface area (Å²) in [5.74, 6) is -0.413. The maximum absolute atomic E-state index is 11.8. The minimum atomic E-state index is -0.349. The lowest BCUT2D eigenvalue weighted by Gasteiger charge is -2.32. The molecule has 1 saturated heterocycles. The molecule has 0 aromatic rings. The van der Waals surface area contributed by atoms with Crippen molar-refractivity contribution in [2.75, 3.05) is 26.8 Å². The summed E-state index contributed by atoms with van der Waals surface area (Å²) in [7, 11) is 1.32. The Morgan fingerprint density at radius 2 is 2.06 bits per heavy atom. The Bertz CT molecular complexity index is 328. The number of nitrogens with zero attached hydrogens (tertiary/aromatic N) is 1. The van der Waals surface area contributed by atoms with E-state index in [1.807, 2.05) is 0 Å². The zero-order chi connectivity index (χ0) is 13.5. The van der Waals surface area contributed by atoms with Crippen LogP contribution < -0.4 is 0 Å². The van der Waals surface area contributed by atoms with Gasteiger partial charge in [-0.15, -0.1) is 0 Å². The van der Waals surface area contributed by atoms with E-state index in [0.29, 0.717) is 19.7 Å². The predicted octanol–water partition coefficient (Wildman–Crippen LogP) is 0.146. The van der Waals surface area contributed by atoms with Gasteiger partial charge in [0.05, 0.1) is 26.2 Å². The third-order valence-corrected chi connectivity index (χ3v) is 2.80. The maximum Gasteiger partial charge on any atom is 0.308 e. The van der Waals surface area contributed by atoms with Crippen molar-refractivity contribution < 1.29 is 23.9 Å². The summed E-state index contributed by atoms with van der Waals surface area (Å²) in [5.41, 5.74) is 0. The van der Waals surface area contributed by atoms with Gasteiger partial charge in [0.2, 0.25) is 5.91 Å². The van der Waals surface area contributed by atoms with Gasteiger partial charge in [0.15, 0.2) is 0 Å². The molecule has 0 N–H and O–H groups in total. The van der Waals surface area contributed by atoms with E-state index in [4.69, 9.17) is 4.74 Å². The summed E-state index contributed by atoms with van der Waals surface area (Å²) in [6.07, 6.45) is 0.318. The first-order valence-electron chi connectivity index (χ1n) is 5.98. The summed E-state index contributed by atoms with van der Waals surface area (Å²) < 4.78 is 9.96. The highest BCUT2D eigenvalue weighted by atomic mass is 16.5. The molecule has 0 radical (unpaired) electrons. The number of methoxy groups -OCH3 is 1. The molecule has 1 fully saturated rings. The zero-order valence-electron chi connectivity index (χ0n) is 10.8. The second-order valence-corrected chi connectivity index (χ2v) is 4.31. The fourth-order valence-corrected chi connectivity index (χ4v) is 1.78. The van der Waals surface area contributed by atoms with Crippen LogP contribution in [0.25, 0.3) is 0 Å². The Hall–Kier alpha value is -1.43. The van der Waals surface area contributed by atoms with Crippen LogP contribution in [0.2, 0.25) is 0 Å². The van der Waals surface area contributed by atoms with Crippen LogP contribution in [0.4, 0.5) is 0 Å². The largest absolute Gasteiger partial charge is 0.469 e. The quantitative estimate of drug-likeness (QED) is 0.655. The van der Waals surface area contributed by atoms with Crippen LogP contribution in [-0.4, -0.2) is 55.5 Å². The van der Waals surface area contributed by atoms with Crippen LogP contribution in [0.1, 0.15) is 26.2 Å². The van der Waals surface area contributed by atoms with Gasteiger partial charge in [0, 0.05) is 25.9 Å². The van der Waals surface area contributed by atoms with E-state index in [0.717, 1.165) is 0 Å². The summed E-state index contributed by atoms with van der Waals surface area (Å²) in [5, 5.41) is 0. The van der Waals surface area contributed by atoms with Gasteiger partial charge in [0.25, 0.3) is 0 Å². The number of Topliss-reactive ketones (excluding diaryl/α,β-unsaturated/α-hetero) is 1. The van der Waals surface area contributed by atoms with E-state index in [-0.39, 0.29) is 43.0 Å². The second kappa shape index (κ2) is 7.10. The Kier molecular flexibility index (Phi) is 5.77. The number of hydrogen-bond acceptors (Lipinski definition) is 5. The fourth-order valence-electron chi connectivity index (χ4n) is 1.78. The van der Waals surface area contributed by atoms with E-state index in [9.17, 15) is 14.4 Å². The van der Waals surface area contributed by atoms with Gasteiger partial charge in [-0.1, -0.05) is 0 Å². The molecule has 1 atom stereocenters. The van der Waals surface area contributed by atoms with E-state index in [1.165, 1.54) is 14.0 Å². The summed E-state index contributed by atoms with van der Waals surface area (Å²) in [4.78, 5) is 35.4. The Balaban J connectivity index is 2.40. The van der Waals surface area contributed by atoms with Crippen molar-refractivity contribution in [1.29, 1.82) is 0 Å². The highest BCUT2D eigenvalue weighted by Gasteiger charge is 2.26. The molecule has 0 aromatic carbocycles. The normalized spacial score (nSPS) is 19.4. The molecular weight excluding hydrogens is 238 g/mol. The molecule has 1 rings (SSSR count). The smallest absolute Gasteiger partial charge is 0.308 e. The Morgan fingerprint density at radius 3 is 2.67 bits per heavy atom. The number of ether oxygens (including phenoxy) is 2. The van der Waals surface area contributed by atoms with Crippen molar-refractivity contribution in [3.05, 3.63) is 0 Å². The van der Waals surface area contributed by atoms with Gasteiger partial charge in [-0.25, -0.2) is 0 Å². The Morgan fingerprint density at radius 1 is 1.33 bits per heavy atom. The molecule has 102 valence electrons. The average Bonchev–Trinajstić information content (AvgIpc) is 2.36. The first-order chi connectivity index (χ1) is 8.52. The number of rotatable bonds is 5. The predicted molar refractivity (Wildman–Crippen MR) is 62.9 cm³/mol. The molecule has 18 heavy (non-hydrogen) atoms. The first kappa shape index (κ1) is 14.6. The lowest BCUT2D eigenvalue weighted by Crippen LogP contribution is -2.46. The minimum absolute atomic E-state index is 0.00252. The molecular formula is C12H19NO5. The molecule has 1 aliphatic rings. The average molecular weight is 257 g/mol. The van der Waals surface area contributed by atoms with Gasteiger partial charge in [-0.2, -0.15) is 0 Å². The van der Waals surface area contributed by atoms with Gasteiger partial charge in [0.1, 0.15) is 5.78 Å². The molecule has 1 unspecified atom stereocenters. The maximum atomic E-state index is 11.8. The van der Waals surface area contributed by atoms with Crippen molar-refractivity contribution in [1.82, 2.24) is 4.90 Å². The SMILES string of the molecule is COC(=O)CC1CN(C(=O)CCC(C)=O)CCO1. The van der Waals surface area contributed by atoms with Gasteiger partial charge in [-0.3, -0.25) is 9.59 Å². The summed E-state index contributed by atoms with van der Waals surface area (Å²) >= 11 is 0. The first-order valence-corrected chi connectivity index (χ1v) is 5.98. The number of morpholine rings is 1. The number of carbonyl (C=O) groups excluding carboxylic acids is 3. The molecule has 0 spiro atoms. The number of hydrogen-bond donors (Lipinski definition) is 0. The molecule has 0 aromatic heterocycles. The number of esters is 1. The summed E-state index contributed by atoms with van der Waals surface area (Å²) in [6, 6.07) is 0. The zero-order valence-corrected chi connectivity index (χ0v) is 10.8. The molecule has 0 bridgehead atoms. The van der Waals surface area contributed by atoms with Crippen molar-refractivity contribution in [2.24, 2.45) is 0 Å². The number of ketones is 1. The van der Waals surface area contributed by atoms with E-state index < -0.39 is 0 Å². The van der Waals surface area contributed by atoms with Gasteiger partial charge < -0.3 is 19.2 Å². The number of amides is 1. The van der Waals surface area contributed by atoms with Crippen LogP contribution in [0, 0.1) is 0 Å². The highest BCUT2D eigenvalue weighted by molar-refractivity contribution is 5.83. The van der Waals surface area contributed by atoms with E-state index >= 15 is 0 Å². The standard InChI is InChI=1S/C12H19NO5/c1-9(14)3-4-11(15)13-5-6-18-10(8-13)7-12(16)17-2/h10H,3-8H2,1-2H3. The molecule has 0 saturated carbocycles. The minimum Gasteiger partial charge on any atom is -0.469 e. The monoisotopic (exact) mass is 257 g/mol. The number of carbonyl (C=O) groups is 3. The highest BCUT2D eigenvalue weighted by Crippen LogP contribution is 2.11. The van der Waals surface area contributed by atoms with Crippen LogP contribution in [0.15, 0.2) is 0 Å². The van der Waals surface area contributed by atoms with Gasteiger partial charge in [-0.05, 0) is 6.92 Å². The van der Waals surface area contributed by atoms with Crippen LogP contribution in [0.3, 0.4) is 0 Å². The third-order valence-electron chi connectivity index (χ3n) is 2.80. The molecule has 1 heterocycles. The second-order valence-electron chi connectivity index (χ2n) is 4.31. The molecule has 6 nitrogen and oxygen atoms in total. The molecule has 6 heteroatoms. The van der Waals surface area contributed by atoms with Crippen LogP contribution in [-0.2, 0) is 23.9 Å². The summed E-state index contributed by atoms with van der Waals surface area (Å²) in [6.45, 7) is 2.76. The van der Waals surface area contributed by atoms with Crippen molar-refractivity contribution in [3.63, 3.8) is 0 Å². The lowest BCUT2D eigenvalue weighted by molar-refractivity contribution is -0.150. The van der Waals surface area contributed by atoms with Crippen molar-refractivity contribution in [3.8, 4) is 0 Å². The fraction of sp³-hybridized carbons (Fsp3) is 0.750. The molecule has 1 amide bonds. The van der Waals surface area contributed by atoms with E-state index in [2.05, 4.69) is 4.74 Å². The van der Waals surface area contributed by atoms with Crippen molar-refractivity contribution >= 4 is 17.7 Å². The van der Waals surface area contributed by atoms with Gasteiger partial charge >= 0.3 is 5.97 Å². The van der Waals surface area contributed by atoms with Crippen LogP contribution in [0.5, 0.6) is 0 Å². The molecule has 0 aliphatic carbocycles. The van der Waals surface area contributed by atoms with Crippen molar-refractivity contribution in [2.45, 2.75) is 32.3 Å². The Labute approximate surface area is 106 Å². The topological polar surface area (TPSA) is 72.9 Å². The molecule has 1 aliphatic heterocycles. The van der Waals surface area contributed by atoms with Crippen LogP contribution >= 0.6 is 0 Å².